The SMILES string of the molecule is Cc1ccc(-c2cc(NCC(C)c3cnccc3OC3CC3)ncn2)cn1. The predicted molar refractivity (Wildman–Crippen MR) is 105 cm³/mol. The van der Waals surface area contributed by atoms with E-state index in [0.29, 0.717) is 6.10 Å². The Balaban J connectivity index is 1.44. The summed E-state index contributed by atoms with van der Waals surface area (Å²) in [5, 5.41) is 3.41. The average Bonchev–Trinajstić information content (AvgIpc) is 3.51. The Hall–Kier alpha value is -3.02. The number of aromatic nitrogens is 4. The number of nitrogens with zero attached hydrogens (tertiary/aromatic N) is 4. The van der Waals surface area contributed by atoms with E-state index in [0.717, 1.165) is 53.5 Å². The van der Waals surface area contributed by atoms with Crippen molar-refractivity contribution in [3.8, 4) is 17.0 Å². The summed E-state index contributed by atoms with van der Waals surface area (Å²) in [6.07, 6.45) is 9.76. The molecule has 27 heavy (non-hydrogen) atoms. The monoisotopic (exact) mass is 361 g/mol. The van der Waals surface area contributed by atoms with Crippen molar-refractivity contribution in [1.29, 1.82) is 0 Å². The standard InChI is InChI=1S/C21H23N5O/c1-14(18-12-22-8-7-20(18)27-17-5-6-17)10-24-21-9-19(25-13-26-21)16-4-3-15(2)23-11-16/h3-4,7-9,11-14,17H,5-6,10H2,1-2H3,(H,24,25,26). The third-order valence-electron chi connectivity index (χ3n) is 4.62. The van der Waals surface area contributed by atoms with Gasteiger partial charge in [0.2, 0.25) is 0 Å². The summed E-state index contributed by atoms with van der Waals surface area (Å²) >= 11 is 0. The number of rotatable bonds is 7. The summed E-state index contributed by atoms with van der Waals surface area (Å²) in [4.78, 5) is 17.3. The largest absolute Gasteiger partial charge is 0.490 e. The predicted octanol–water partition coefficient (Wildman–Crippen LogP) is 4.00. The van der Waals surface area contributed by atoms with E-state index in [1.807, 2.05) is 43.6 Å². The number of hydrogen-bond acceptors (Lipinski definition) is 6. The highest BCUT2D eigenvalue weighted by molar-refractivity contribution is 5.61. The zero-order chi connectivity index (χ0) is 18.6. The maximum absolute atomic E-state index is 6.02. The van der Waals surface area contributed by atoms with Gasteiger partial charge in [-0.25, -0.2) is 9.97 Å². The molecule has 0 aromatic carbocycles. The van der Waals surface area contributed by atoms with Crippen molar-refractivity contribution < 1.29 is 4.74 Å². The van der Waals surface area contributed by atoms with Gasteiger partial charge in [-0.3, -0.25) is 9.97 Å². The molecular weight excluding hydrogens is 338 g/mol. The second-order valence-electron chi connectivity index (χ2n) is 6.99. The van der Waals surface area contributed by atoms with Crippen molar-refractivity contribution in [3.05, 3.63) is 60.4 Å². The van der Waals surface area contributed by atoms with Crippen LogP contribution in [-0.4, -0.2) is 32.6 Å². The number of anilines is 1. The molecule has 1 aliphatic rings. The first-order valence-corrected chi connectivity index (χ1v) is 9.28. The van der Waals surface area contributed by atoms with E-state index in [2.05, 4.69) is 32.2 Å². The van der Waals surface area contributed by atoms with Crippen LogP contribution in [0.4, 0.5) is 5.82 Å². The molecule has 0 saturated heterocycles. The quantitative estimate of drug-likeness (QED) is 0.686. The summed E-state index contributed by atoms with van der Waals surface area (Å²) in [5.74, 6) is 1.98. The molecular formula is C21H23N5O. The molecule has 0 spiro atoms. The Kier molecular flexibility index (Phi) is 4.96. The molecule has 0 aliphatic heterocycles. The molecule has 3 aromatic heterocycles. The smallest absolute Gasteiger partial charge is 0.129 e. The fourth-order valence-corrected chi connectivity index (χ4v) is 2.84. The molecule has 6 heteroatoms. The maximum atomic E-state index is 6.02. The molecule has 1 saturated carbocycles. The Morgan fingerprint density at radius 1 is 1.15 bits per heavy atom. The van der Waals surface area contributed by atoms with Crippen LogP contribution < -0.4 is 10.1 Å². The lowest BCUT2D eigenvalue weighted by atomic mass is 10.0. The van der Waals surface area contributed by atoms with Gasteiger partial charge in [0.05, 0.1) is 11.8 Å². The molecule has 1 aliphatic carbocycles. The van der Waals surface area contributed by atoms with Crippen molar-refractivity contribution in [3.63, 3.8) is 0 Å². The number of ether oxygens (including phenoxy) is 1. The Bertz CT molecular complexity index is 908. The van der Waals surface area contributed by atoms with Crippen molar-refractivity contribution in [1.82, 2.24) is 19.9 Å². The summed E-state index contributed by atoms with van der Waals surface area (Å²) in [5.41, 5.74) is 3.94. The van der Waals surface area contributed by atoms with Crippen LogP contribution >= 0.6 is 0 Å². The molecule has 0 amide bonds. The number of hydrogen-bond donors (Lipinski definition) is 1. The molecule has 0 radical (unpaired) electrons. The third kappa shape index (κ3) is 4.39. The second-order valence-corrected chi connectivity index (χ2v) is 6.99. The van der Waals surface area contributed by atoms with E-state index in [1.54, 1.807) is 12.5 Å². The van der Waals surface area contributed by atoms with Crippen LogP contribution in [0.3, 0.4) is 0 Å². The molecule has 6 nitrogen and oxygen atoms in total. The summed E-state index contributed by atoms with van der Waals surface area (Å²) in [7, 11) is 0. The molecule has 138 valence electrons. The van der Waals surface area contributed by atoms with Gasteiger partial charge in [0.25, 0.3) is 0 Å². The normalized spacial score (nSPS) is 14.6. The van der Waals surface area contributed by atoms with Gasteiger partial charge < -0.3 is 10.1 Å². The highest BCUT2D eigenvalue weighted by Crippen LogP contribution is 2.32. The first-order chi connectivity index (χ1) is 13.2. The lowest BCUT2D eigenvalue weighted by molar-refractivity contribution is 0.298. The van der Waals surface area contributed by atoms with E-state index in [4.69, 9.17) is 4.74 Å². The Labute approximate surface area is 159 Å². The maximum Gasteiger partial charge on any atom is 0.129 e. The average molecular weight is 361 g/mol. The van der Waals surface area contributed by atoms with Crippen LogP contribution in [0, 0.1) is 6.92 Å². The van der Waals surface area contributed by atoms with Gasteiger partial charge in [-0.05, 0) is 38.0 Å². The molecule has 1 unspecified atom stereocenters. The van der Waals surface area contributed by atoms with E-state index in [9.17, 15) is 0 Å². The molecule has 1 atom stereocenters. The van der Waals surface area contributed by atoms with E-state index in [-0.39, 0.29) is 5.92 Å². The van der Waals surface area contributed by atoms with E-state index >= 15 is 0 Å². The summed E-state index contributed by atoms with van der Waals surface area (Å²) < 4.78 is 6.02. The van der Waals surface area contributed by atoms with Crippen molar-refractivity contribution in [2.45, 2.75) is 38.7 Å². The zero-order valence-electron chi connectivity index (χ0n) is 15.6. The van der Waals surface area contributed by atoms with Crippen LogP contribution in [-0.2, 0) is 0 Å². The Morgan fingerprint density at radius 2 is 2.04 bits per heavy atom. The van der Waals surface area contributed by atoms with Crippen molar-refractivity contribution in [2.75, 3.05) is 11.9 Å². The second kappa shape index (κ2) is 7.70. The highest BCUT2D eigenvalue weighted by atomic mass is 16.5. The van der Waals surface area contributed by atoms with Gasteiger partial charge >= 0.3 is 0 Å². The minimum absolute atomic E-state index is 0.243. The van der Waals surface area contributed by atoms with Crippen molar-refractivity contribution >= 4 is 5.82 Å². The van der Waals surface area contributed by atoms with Gasteiger partial charge in [-0.1, -0.05) is 6.92 Å². The Morgan fingerprint density at radius 3 is 2.81 bits per heavy atom. The first-order valence-electron chi connectivity index (χ1n) is 9.28. The van der Waals surface area contributed by atoms with Gasteiger partial charge in [0.15, 0.2) is 0 Å². The number of pyridine rings is 2. The van der Waals surface area contributed by atoms with E-state index < -0.39 is 0 Å². The third-order valence-corrected chi connectivity index (χ3v) is 4.62. The molecule has 4 rings (SSSR count). The fourth-order valence-electron chi connectivity index (χ4n) is 2.84. The van der Waals surface area contributed by atoms with Crippen LogP contribution in [0.2, 0.25) is 0 Å². The molecule has 1 N–H and O–H groups in total. The molecule has 3 heterocycles. The van der Waals surface area contributed by atoms with Crippen LogP contribution in [0.15, 0.2) is 49.2 Å². The number of nitrogens with one attached hydrogen (secondary N) is 1. The van der Waals surface area contributed by atoms with Crippen LogP contribution in [0.25, 0.3) is 11.3 Å². The minimum atomic E-state index is 0.243. The lowest BCUT2D eigenvalue weighted by Gasteiger charge is -2.17. The van der Waals surface area contributed by atoms with Crippen LogP contribution in [0.1, 0.15) is 36.9 Å². The highest BCUT2D eigenvalue weighted by Gasteiger charge is 2.25. The summed E-state index contributed by atoms with van der Waals surface area (Å²) in [6.45, 7) is 4.86. The van der Waals surface area contributed by atoms with Crippen molar-refractivity contribution in [2.24, 2.45) is 0 Å². The van der Waals surface area contributed by atoms with Gasteiger partial charge in [0, 0.05) is 53.9 Å². The first kappa shape index (κ1) is 17.4. The van der Waals surface area contributed by atoms with Gasteiger partial charge in [-0.15, -0.1) is 0 Å². The molecule has 0 bridgehead atoms. The molecule has 1 fully saturated rings. The topological polar surface area (TPSA) is 72.8 Å². The zero-order valence-corrected chi connectivity index (χ0v) is 15.6. The number of aryl methyl sites for hydroxylation is 1. The van der Waals surface area contributed by atoms with Gasteiger partial charge in [-0.2, -0.15) is 0 Å². The van der Waals surface area contributed by atoms with E-state index in [1.165, 1.54) is 0 Å². The fraction of sp³-hybridized carbons (Fsp3) is 0.333. The van der Waals surface area contributed by atoms with Gasteiger partial charge in [0.1, 0.15) is 17.9 Å². The minimum Gasteiger partial charge on any atom is -0.490 e. The lowest BCUT2D eigenvalue weighted by Crippen LogP contribution is -2.13. The molecule has 3 aromatic rings. The van der Waals surface area contributed by atoms with Crippen LogP contribution in [0.5, 0.6) is 5.75 Å². The summed E-state index contributed by atoms with van der Waals surface area (Å²) in [6, 6.07) is 7.91.